The standard InChI is InChI=1S/C21H28N2O4S/c1-15(2)16-6-9-18(10-7-16)22-21(24)13-8-17-14-19(11-12-20(17)27-5)28(25,26)23(3)4/h6-7,9-12,14-15H,8,13H2,1-5H3,(H,22,24). The molecule has 0 unspecified atom stereocenters. The number of rotatable bonds is 8. The summed E-state index contributed by atoms with van der Waals surface area (Å²) in [6.45, 7) is 4.23. The molecule has 0 spiro atoms. The van der Waals surface area contributed by atoms with E-state index in [1.54, 1.807) is 12.1 Å². The first-order valence-electron chi connectivity index (χ1n) is 9.14. The van der Waals surface area contributed by atoms with Gasteiger partial charge in [0, 0.05) is 26.2 Å². The molecule has 2 aromatic rings. The Kier molecular flexibility index (Phi) is 7.21. The zero-order chi connectivity index (χ0) is 20.9. The fourth-order valence-corrected chi connectivity index (χ4v) is 3.70. The molecule has 0 aromatic heterocycles. The van der Waals surface area contributed by atoms with Gasteiger partial charge >= 0.3 is 0 Å². The first-order chi connectivity index (χ1) is 13.1. The molecule has 0 saturated heterocycles. The monoisotopic (exact) mass is 404 g/mol. The highest BCUT2D eigenvalue weighted by Gasteiger charge is 2.19. The van der Waals surface area contributed by atoms with Crippen LogP contribution in [0.15, 0.2) is 47.4 Å². The second-order valence-electron chi connectivity index (χ2n) is 7.09. The molecule has 0 atom stereocenters. The van der Waals surface area contributed by atoms with Crippen molar-refractivity contribution in [3.05, 3.63) is 53.6 Å². The predicted molar refractivity (Wildman–Crippen MR) is 111 cm³/mol. The summed E-state index contributed by atoms with van der Waals surface area (Å²) in [5, 5.41) is 2.87. The number of nitrogens with one attached hydrogen (secondary N) is 1. The van der Waals surface area contributed by atoms with Crippen LogP contribution in [0.5, 0.6) is 5.75 Å². The molecule has 0 heterocycles. The number of carbonyl (C=O) groups is 1. The van der Waals surface area contributed by atoms with Crippen molar-refractivity contribution in [2.75, 3.05) is 26.5 Å². The Bertz CT molecular complexity index is 920. The molecule has 2 rings (SSSR count). The molecule has 0 saturated carbocycles. The molecular weight excluding hydrogens is 376 g/mol. The zero-order valence-electron chi connectivity index (χ0n) is 17.0. The number of hydrogen-bond acceptors (Lipinski definition) is 4. The maximum atomic E-state index is 12.3. The highest BCUT2D eigenvalue weighted by Crippen LogP contribution is 2.25. The Morgan fingerprint density at radius 1 is 1.11 bits per heavy atom. The quantitative estimate of drug-likeness (QED) is 0.729. The highest BCUT2D eigenvalue weighted by molar-refractivity contribution is 7.89. The maximum absolute atomic E-state index is 12.3. The van der Waals surface area contributed by atoms with Crippen LogP contribution in [0.25, 0.3) is 0 Å². The summed E-state index contributed by atoms with van der Waals surface area (Å²) in [5.41, 5.74) is 2.63. The Morgan fingerprint density at radius 3 is 2.29 bits per heavy atom. The number of anilines is 1. The Balaban J connectivity index is 2.09. The number of ether oxygens (including phenoxy) is 1. The Morgan fingerprint density at radius 2 is 1.75 bits per heavy atom. The number of hydrogen-bond donors (Lipinski definition) is 1. The molecule has 6 nitrogen and oxygen atoms in total. The van der Waals surface area contributed by atoms with Crippen molar-refractivity contribution in [1.29, 1.82) is 0 Å². The minimum absolute atomic E-state index is 0.139. The van der Waals surface area contributed by atoms with E-state index in [-0.39, 0.29) is 17.2 Å². The number of amides is 1. The first-order valence-corrected chi connectivity index (χ1v) is 10.6. The van der Waals surface area contributed by atoms with E-state index in [9.17, 15) is 13.2 Å². The molecule has 0 aliphatic rings. The van der Waals surface area contributed by atoms with Gasteiger partial charge < -0.3 is 10.1 Å². The van der Waals surface area contributed by atoms with E-state index in [1.165, 1.54) is 32.8 Å². The topological polar surface area (TPSA) is 75.7 Å². The van der Waals surface area contributed by atoms with Crippen LogP contribution in [0, 0.1) is 0 Å². The van der Waals surface area contributed by atoms with Crippen molar-refractivity contribution in [1.82, 2.24) is 4.31 Å². The van der Waals surface area contributed by atoms with E-state index in [0.717, 1.165) is 9.99 Å². The summed E-state index contributed by atoms with van der Waals surface area (Å²) in [7, 11) is 0.944. The Labute approximate surface area is 167 Å². The van der Waals surface area contributed by atoms with E-state index < -0.39 is 10.0 Å². The third-order valence-electron chi connectivity index (χ3n) is 4.51. The lowest BCUT2D eigenvalue weighted by atomic mass is 10.0. The minimum atomic E-state index is -3.55. The third kappa shape index (κ3) is 5.33. The van der Waals surface area contributed by atoms with E-state index >= 15 is 0 Å². The molecule has 0 fully saturated rings. The summed E-state index contributed by atoms with van der Waals surface area (Å²) in [4.78, 5) is 12.5. The van der Waals surface area contributed by atoms with Gasteiger partial charge in [0.15, 0.2) is 0 Å². The fraction of sp³-hybridized carbons (Fsp3) is 0.381. The number of carbonyl (C=O) groups excluding carboxylic acids is 1. The number of methoxy groups -OCH3 is 1. The predicted octanol–water partition coefficient (Wildman–Crippen LogP) is 3.64. The number of benzene rings is 2. The molecule has 152 valence electrons. The Hall–Kier alpha value is -2.38. The van der Waals surface area contributed by atoms with E-state index in [0.29, 0.717) is 23.7 Å². The summed E-state index contributed by atoms with van der Waals surface area (Å²) >= 11 is 0. The lowest BCUT2D eigenvalue weighted by molar-refractivity contribution is -0.116. The molecule has 7 heteroatoms. The number of aryl methyl sites for hydroxylation is 1. The van der Waals surface area contributed by atoms with Crippen LogP contribution in [-0.2, 0) is 21.2 Å². The molecule has 0 aliphatic carbocycles. The van der Waals surface area contributed by atoms with Crippen molar-refractivity contribution in [3.63, 3.8) is 0 Å². The van der Waals surface area contributed by atoms with Gasteiger partial charge in [0.05, 0.1) is 12.0 Å². The van der Waals surface area contributed by atoms with Crippen LogP contribution in [0.4, 0.5) is 5.69 Å². The van der Waals surface area contributed by atoms with Crippen LogP contribution < -0.4 is 10.1 Å². The molecule has 0 aliphatic heterocycles. The second kappa shape index (κ2) is 9.21. The van der Waals surface area contributed by atoms with Crippen molar-refractivity contribution in [2.24, 2.45) is 0 Å². The largest absolute Gasteiger partial charge is 0.496 e. The van der Waals surface area contributed by atoms with Gasteiger partial charge in [-0.3, -0.25) is 4.79 Å². The van der Waals surface area contributed by atoms with Crippen LogP contribution in [0.3, 0.4) is 0 Å². The van der Waals surface area contributed by atoms with Crippen LogP contribution in [-0.4, -0.2) is 39.8 Å². The second-order valence-corrected chi connectivity index (χ2v) is 9.24. The lowest BCUT2D eigenvalue weighted by Crippen LogP contribution is -2.22. The maximum Gasteiger partial charge on any atom is 0.242 e. The van der Waals surface area contributed by atoms with Gasteiger partial charge in [-0.2, -0.15) is 0 Å². The SMILES string of the molecule is COc1ccc(S(=O)(=O)N(C)C)cc1CCC(=O)Nc1ccc(C(C)C)cc1. The third-order valence-corrected chi connectivity index (χ3v) is 6.32. The molecule has 2 aromatic carbocycles. The number of nitrogens with zero attached hydrogens (tertiary/aromatic N) is 1. The van der Waals surface area contributed by atoms with E-state index in [4.69, 9.17) is 4.74 Å². The lowest BCUT2D eigenvalue weighted by Gasteiger charge is -2.14. The molecule has 0 bridgehead atoms. The van der Waals surface area contributed by atoms with E-state index in [1.807, 2.05) is 24.3 Å². The van der Waals surface area contributed by atoms with Gasteiger partial charge in [-0.25, -0.2) is 12.7 Å². The smallest absolute Gasteiger partial charge is 0.242 e. The minimum Gasteiger partial charge on any atom is -0.496 e. The van der Waals surface area contributed by atoms with Crippen molar-refractivity contribution < 1.29 is 17.9 Å². The summed E-state index contributed by atoms with van der Waals surface area (Å²) < 4.78 is 31.2. The average Bonchev–Trinajstić information content (AvgIpc) is 2.66. The van der Waals surface area contributed by atoms with Crippen LogP contribution in [0.1, 0.15) is 37.3 Å². The molecule has 1 N–H and O–H groups in total. The van der Waals surface area contributed by atoms with Gasteiger partial charge in [-0.15, -0.1) is 0 Å². The molecule has 0 radical (unpaired) electrons. The van der Waals surface area contributed by atoms with Crippen LogP contribution in [0.2, 0.25) is 0 Å². The summed E-state index contributed by atoms with van der Waals surface area (Å²) in [6.07, 6.45) is 0.587. The zero-order valence-corrected chi connectivity index (χ0v) is 17.8. The van der Waals surface area contributed by atoms with E-state index in [2.05, 4.69) is 19.2 Å². The van der Waals surface area contributed by atoms with Gasteiger partial charge in [0.2, 0.25) is 15.9 Å². The van der Waals surface area contributed by atoms with Gasteiger partial charge in [0.25, 0.3) is 0 Å². The number of sulfonamides is 1. The van der Waals surface area contributed by atoms with Gasteiger partial charge in [-0.05, 0) is 53.8 Å². The van der Waals surface area contributed by atoms with Gasteiger partial charge in [0.1, 0.15) is 5.75 Å². The average molecular weight is 405 g/mol. The van der Waals surface area contributed by atoms with Crippen LogP contribution >= 0.6 is 0 Å². The van der Waals surface area contributed by atoms with Gasteiger partial charge in [-0.1, -0.05) is 26.0 Å². The summed E-state index contributed by atoms with van der Waals surface area (Å²) in [5.74, 6) is 0.856. The highest BCUT2D eigenvalue weighted by atomic mass is 32.2. The molecule has 1 amide bonds. The van der Waals surface area contributed by atoms with Crippen molar-refractivity contribution >= 4 is 21.6 Å². The summed E-state index contributed by atoms with van der Waals surface area (Å²) in [6, 6.07) is 12.5. The molecular formula is C21H28N2O4S. The fourth-order valence-electron chi connectivity index (χ4n) is 2.74. The van der Waals surface area contributed by atoms with Crippen molar-refractivity contribution in [2.45, 2.75) is 37.5 Å². The molecule has 28 heavy (non-hydrogen) atoms. The normalized spacial score (nSPS) is 11.7. The van der Waals surface area contributed by atoms with Crippen molar-refractivity contribution in [3.8, 4) is 5.75 Å². The first kappa shape index (κ1) is 21.9.